The topological polar surface area (TPSA) is 74.0 Å². The van der Waals surface area contributed by atoms with E-state index in [1.54, 1.807) is 0 Å². The van der Waals surface area contributed by atoms with Gasteiger partial charge in [-0.3, -0.25) is 14.9 Å². The summed E-state index contributed by atoms with van der Waals surface area (Å²) in [5, 5.41) is 4.16. The standard InChI is InChI=1S/C11H10F5N3O2.ClH/c12-10(13)2-7(18-4-10)9(21)19-6-1-5(11(14,15)16)3-17-8(6)20;/h1,3,7,18H,2,4H2,(H,17,20)(H,19,21);1H. The highest BCUT2D eigenvalue weighted by Crippen LogP contribution is 2.29. The first-order valence-corrected chi connectivity index (χ1v) is 5.80. The molecule has 1 unspecified atom stereocenters. The Morgan fingerprint density at radius 2 is 2.00 bits per heavy atom. The van der Waals surface area contributed by atoms with Crippen molar-refractivity contribution in [3.8, 4) is 0 Å². The molecular weight excluding hydrogens is 337 g/mol. The molecule has 0 bridgehead atoms. The molecule has 1 aliphatic rings. The summed E-state index contributed by atoms with van der Waals surface area (Å²) in [5.41, 5.74) is -2.77. The number of amides is 1. The van der Waals surface area contributed by atoms with Crippen LogP contribution in [-0.4, -0.2) is 29.4 Å². The second kappa shape index (κ2) is 6.21. The minimum absolute atomic E-state index is 0. The number of aromatic nitrogens is 1. The number of H-pyrrole nitrogens is 1. The molecule has 0 spiro atoms. The normalized spacial score (nSPS) is 20.3. The van der Waals surface area contributed by atoms with Gasteiger partial charge in [-0.15, -0.1) is 12.4 Å². The van der Waals surface area contributed by atoms with Crippen LogP contribution in [0.4, 0.5) is 27.6 Å². The molecule has 5 nitrogen and oxygen atoms in total. The lowest BCUT2D eigenvalue weighted by Crippen LogP contribution is -2.37. The van der Waals surface area contributed by atoms with Gasteiger partial charge in [0.1, 0.15) is 5.69 Å². The van der Waals surface area contributed by atoms with Gasteiger partial charge in [0.2, 0.25) is 5.91 Å². The third-order valence-corrected chi connectivity index (χ3v) is 2.91. The summed E-state index contributed by atoms with van der Waals surface area (Å²) in [6.07, 6.45) is -5.03. The average molecular weight is 348 g/mol. The Kier molecular flexibility index (Phi) is 5.18. The van der Waals surface area contributed by atoms with Crippen LogP contribution >= 0.6 is 12.4 Å². The Hall–Kier alpha value is -1.68. The lowest BCUT2D eigenvalue weighted by molar-refractivity contribution is -0.137. The molecule has 11 heteroatoms. The van der Waals surface area contributed by atoms with E-state index in [9.17, 15) is 31.5 Å². The van der Waals surface area contributed by atoms with Crippen LogP contribution in [0.5, 0.6) is 0 Å². The quantitative estimate of drug-likeness (QED) is 0.714. The summed E-state index contributed by atoms with van der Waals surface area (Å²) in [6, 6.07) is -0.821. The minimum atomic E-state index is -4.71. The van der Waals surface area contributed by atoms with Gasteiger partial charge in [0, 0.05) is 12.6 Å². The third-order valence-electron chi connectivity index (χ3n) is 2.91. The maximum Gasteiger partial charge on any atom is 0.417 e. The van der Waals surface area contributed by atoms with E-state index in [0.717, 1.165) is 0 Å². The van der Waals surface area contributed by atoms with Gasteiger partial charge in [0.25, 0.3) is 11.5 Å². The fourth-order valence-corrected chi connectivity index (χ4v) is 1.86. The maximum absolute atomic E-state index is 12.9. The molecule has 22 heavy (non-hydrogen) atoms. The van der Waals surface area contributed by atoms with Gasteiger partial charge in [-0.2, -0.15) is 13.2 Å². The van der Waals surface area contributed by atoms with Crippen molar-refractivity contribution in [3.63, 3.8) is 0 Å². The Bertz CT molecular complexity index is 616. The summed E-state index contributed by atoms with van der Waals surface area (Å²) in [5.74, 6) is -4.06. The molecule has 1 aliphatic heterocycles. The minimum Gasteiger partial charge on any atom is -0.327 e. The number of pyridine rings is 1. The third kappa shape index (κ3) is 4.17. The largest absolute Gasteiger partial charge is 0.417 e. The monoisotopic (exact) mass is 347 g/mol. The number of carbonyl (C=O) groups excluding carboxylic acids is 1. The van der Waals surface area contributed by atoms with Crippen LogP contribution < -0.4 is 16.2 Å². The Morgan fingerprint density at radius 3 is 2.50 bits per heavy atom. The fourth-order valence-electron chi connectivity index (χ4n) is 1.86. The van der Waals surface area contributed by atoms with Crippen molar-refractivity contribution >= 4 is 24.0 Å². The van der Waals surface area contributed by atoms with Crippen molar-refractivity contribution in [2.45, 2.75) is 24.6 Å². The van der Waals surface area contributed by atoms with E-state index in [1.807, 2.05) is 10.3 Å². The number of aromatic amines is 1. The number of hydrogen-bond acceptors (Lipinski definition) is 3. The Morgan fingerprint density at radius 1 is 1.36 bits per heavy atom. The number of hydrogen-bond donors (Lipinski definition) is 3. The highest BCUT2D eigenvalue weighted by atomic mass is 35.5. The Labute approximate surface area is 126 Å². The zero-order valence-corrected chi connectivity index (χ0v) is 11.6. The predicted molar refractivity (Wildman–Crippen MR) is 69.3 cm³/mol. The number of rotatable bonds is 2. The van der Waals surface area contributed by atoms with Gasteiger partial charge in [-0.05, 0) is 6.07 Å². The van der Waals surface area contributed by atoms with Crippen LogP contribution in [0.2, 0.25) is 0 Å². The Balaban J connectivity index is 0.00000242. The SMILES string of the molecule is Cl.O=C(Nc1cc(C(F)(F)F)c[nH]c1=O)C1CC(F)(F)CN1. The van der Waals surface area contributed by atoms with Crippen LogP contribution in [0.3, 0.4) is 0 Å². The molecule has 2 heterocycles. The van der Waals surface area contributed by atoms with Gasteiger partial charge in [0.15, 0.2) is 0 Å². The number of anilines is 1. The first kappa shape index (κ1) is 18.4. The molecule has 3 N–H and O–H groups in total. The summed E-state index contributed by atoms with van der Waals surface area (Å²) in [6.45, 7) is -0.704. The molecule has 1 aromatic rings. The zero-order chi connectivity index (χ0) is 15.8. The van der Waals surface area contributed by atoms with Crippen LogP contribution in [0.25, 0.3) is 0 Å². The molecule has 2 rings (SSSR count). The maximum atomic E-state index is 12.9. The summed E-state index contributed by atoms with van der Waals surface area (Å²) >= 11 is 0. The van der Waals surface area contributed by atoms with E-state index in [1.165, 1.54) is 0 Å². The van der Waals surface area contributed by atoms with Crippen molar-refractivity contribution in [1.29, 1.82) is 0 Å². The molecule has 0 aromatic carbocycles. The van der Waals surface area contributed by atoms with Crippen molar-refractivity contribution < 1.29 is 26.7 Å². The molecule has 0 saturated carbocycles. The number of alkyl halides is 5. The highest BCUT2D eigenvalue weighted by molar-refractivity contribution is 5.95. The smallest absolute Gasteiger partial charge is 0.327 e. The lowest BCUT2D eigenvalue weighted by Gasteiger charge is -2.12. The van der Waals surface area contributed by atoms with Crippen LogP contribution in [0, 0.1) is 0 Å². The molecular formula is C11H11ClF5N3O2. The van der Waals surface area contributed by atoms with E-state index < -0.39 is 53.8 Å². The van der Waals surface area contributed by atoms with Crippen LogP contribution in [-0.2, 0) is 11.0 Å². The van der Waals surface area contributed by atoms with Crippen molar-refractivity contribution in [2.24, 2.45) is 0 Å². The number of carbonyl (C=O) groups is 1. The van der Waals surface area contributed by atoms with Crippen molar-refractivity contribution in [3.05, 3.63) is 28.2 Å². The number of nitrogens with one attached hydrogen (secondary N) is 3. The first-order chi connectivity index (χ1) is 9.58. The zero-order valence-electron chi connectivity index (χ0n) is 10.8. The molecule has 1 aromatic heterocycles. The predicted octanol–water partition coefficient (Wildman–Crippen LogP) is 1.75. The van der Waals surface area contributed by atoms with Crippen molar-refractivity contribution in [1.82, 2.24) is 10.3 Å². The first-order valence-electron chi connectivity index (χ1n) is 5.80. The van der Waals surface area contributed by atoms with E-state index in [-0.39, 0.29) is 12.4 Å². The van der Waals surface area contributed by atoms with Crippen LogP contribution in [0.15, 0.2) is 17.1 Å². The van der Waals surface area contributed by atoms with Gasteiger partial charge >= 0.3 is 6.18 Å². The summed E-state index contributed by atoms with van der Waals surface area (Å²) in [7, 11) is 0. The van der Waals surface area contributed by atoms with E-state index in [0.29, 0.717) is 12.3 Å². The lowest BCUT2D eigenvalue weighted by atomic mass is 10.1. The highest BCUT2D eigenvalue weighted by Gasteiger charge is 2.42. The van der Waals surface area contributed by atoms with E-state index in [4.69, 9.17) is 0 Å². The van der Waals surface area contributed by atoms with Gasteiger partial charge < -0.3 is 10.3 Å². The molecule has 0 aliphatic carbocycles. The van der Waals surface area contributed by atoms with Gasteiger partial charge in [-0.25, -0.2) is 8.78 Å². The van der Waals surface area contributed by atoms with Gasteiger partial charge in [-0.1, -0.05) is 0 Å². The van der Waals surface area contributed by atoms with E-state index >= 15 is 0 Å². The molecule has 1 saturated heterocycles. The molecule has 1 fully saturated rings. The summed E-state index contributed by atoms with van der Waals surface area (Å²) < 4.78 is 63.3. The van der Waals surface area contributed by atoms with Crippen LogP contribution in [0.1, 0.15) is 12.0 Å². The molecule has 1 atom stereocenters. The molecule has 124 valence electrons. The van der Waals surface area contributed by atoms with E-state index in [2.05, 4.69) is 5.32 Å². The summed E-state index contributed by atoms with van der Waals surface area (Å²) in [4.78, 5) is 24.9. The fraction of sp³-hybridized carbons (Fsp3) is 0.455. The second-order valence-electron chi connectivity index (χ2n) is 4.61. The molecule has 1 amide bonds. The average Bonchev–Trinajstić information content (AvgIpc) is 2.71. The second-order valence-corrected chi connectivity index (χ2v) is 4.61. The van der Waals surface area contributed by atoms with Crippen molar-refractivity contribution in [2.75, 3.05) is 11.9 Å². The van der Waals surface area contributed by atoms with Gasteiger partial charge in [0.05, 0.1) is 18.2 Å². The number of halogens is 6. The molecule has 0 radical (unpaired) electrons.